The number of hydrogen-bond donors (Lipinski definition) is 1. The Hall–Kier alpha value is -2.20. The average molecular weight is 402 g/mol. The molecule has 5 heteroatoms. The highest BCUT2D eigenvalue weighted by Crippen LogP contribution is 2.25. The Bertz CT molecular complexity index is 899. The average Bonchev–Trinajstić information content (AvgIpc) is 2.69. The quantitative estimate of drug-likeness (QED) is 0.511. The predicted molar refractivity (Wildman–Crippen MR) is 111 cm³/mol. The Balaban J connectivity index is 1.66. The normalized spacial score (nSPS) is 10.6. The summed E-state index contributed by atoms with van der Waals surface area (Å²) < 4.78 is 11.4. The van der Waals surface area contributed by atoms with Gasteiger partial charge in [-0.2, -0.15) is 0 Å². The van der Waals surface area contributed by atoms with Crippen LogP contribution in [0, 0.1) is 0 Å². The van der Waals surface area contributed by atoms with Gasteiger partial charge in [-0.15, -0.1) is 0 Å². The molecular formula is C22H21Cl2NO2. The van der Waals surface area contributed by atoms with E-state index in [2.05, 4.69) is 5.32 Å². The predicted octanol–water partition coefficient (Wildman–Crippen LogP) is 5.87. The van der Waals surface area contributed by atoms with Crippen molar-refractivity contribution < 1.29 is 9.47 Å². The van der Waals surface area contributed by atoms with Crippen LogP contribution in [0.4, 0.5) is 0 Å². The molecule has 0 atom stereocenters. The molecule has 0 heterocycles. The minimum absolute atomic E-state index is 0.404. The lowest BCUT2D eigenvalue weighted by atomic mass is 10.1. The van der Waals surface area contributed by atoms with E-state index in [0.29, 0.717) is 29.7 Å². The van der Waals surface area contributed by atoms with Gasteiger partial charge in [0.05, 0.1) is 7.11 Å². The van der Waals surface area contributed by atoms with Crippen molar-refractivity contribution in [2.75, 3.05) is 7.11 Å². The van der Waals surface area contributed by atoms with E-state index in [0.717, 1.165) is 28.2 Å². The summed E-state index contributed by atoms with van der Waals surface area (Å²) in [5, 5.41) is 4.80. The second kappa shape index (κ2) is 9.65. The van der Waals surface area contributed by atoms with Crippen molar-refractivity contribution in [3.8, 4) is 11.5 Å². The summed E-state index contributed by atoms with van der Waals surface area (Å²) in [5.74, 6) is 1.65. The van der Waals surface area contributed by atoms with Gasteiger partial charge >= 0.3 is 0 Å². The van der Waals surface area contributed by atoms with E-state index in [4.69, 9.17) is 32.7 Å². The molecule has 0 aromatic heterocycles. The number of hydrogen-bond acceptors (Lipinski definition) is 3. The van der Waals surface area contributed by atoms with Crippen LogP contribution in [0.2, 0.25) is 10.0 Å². The Kier molecular flexibility index (Phi) is 6.99. The molecule has 1 N–H and O–H groups in total. The van der Waals surface area contributed by atoms with Crippen molar-refractivity contribution >= 4 is 23.2 Å². The van der Waals surface area contributed by atoms with Gasteiger partial charge in [0.15, 0.2) is 0 Å². The largest absolute Gasteiger partial charge is 0.496 e. The van der Waals surface area contributed by atoms with E-state index >= 15 is 0 Å². The van der Waals surface area contributed by atoms with Crippen molar-refractivity contribution in [2.24, 2.45) is 0 Å². The van der Waals surface area contributed by atoms with Gasteiger partial charge in [0, 0.05) is 39.8 Å². The van der Waals surface area contributed by atoms with Crippen LogP contribution in [0.15, 0.2) is 66.7 Å². The Morgan fingerprint density at radius 1 is 0.778 bits per heavy atom. The molecule has 27 heavy (non-hydrogen) atoms. The molecular weight excluding hydrogens is 381 g/mol. The second-order valence-electron chi connectivity index (χ2n) is 6.05. The zero-order valence-corrected chi connectivity index (χ0v) is 16.6. The molecule has 0 aliphatic rings. The highest BCUT2D eigenvalue weighted by molar-refractivity contribution is 6.31. The van der Waals surface area contributed by atoms with Crippen molar-refractivity contribution in [1.29, 1.82) is 0 Å². The van der Waals surface area contributed by atoms with Crippen molar-refractivity contribution in [2.45, 2.75) is 19.7 Å². The number of methoxy groups -OCH3 is 1. The summed E-state index contributed by atoms with van der Waals surface area (Å²) in [5.41, 5.74) is 3.03. The van der Waals surface area contributed by atoms with Gasteiger partial charge in [0.25, 0.3) is 0 Å². The van der Waals surface area contributed by atoms with Crippen LogP contribution in [0.3, 0.4) is 0 Å². The van der Waals surface area contributed by atoms with Gasteiger partial charge < -0.3 is 14.8 Å². The molecule has 3 aromatic rings. The topological polar surface area (TPSA) is 30.5 Å². The summed E-state index contributed by atoms with van der Waals surface area (Å²) >= 11 is 12.4. The van der Waals surface area contributed by atoms with Crippen LogP contribution in [0.25, 0.3) is 0 Å². The molecule has 3 rings (SSSR count). The zero-order valence-electron chi connectivity index (χ0n) is 15.0. The van der Waals surface area contributed by atoms with Crippen LogP contribution in [-0.2, 0) is 19.7 Å². The third-order valence-electron chi connectivity index (χ3n) is 4.19. The van der Waals surface area contributed by atoms with E-state index in [-0.39, 0.29) is 0 Å². The molecule has 0 fully saturated rings. The summed E-state index contributed by atoms with van der Waals surface area (Å²) in [6.07, 6.45) is 0. The summed E-state index contributed by atoms with van der Waals surface area (Å²) in [4.78, 5) is 0. The number of nitrogens with one attached hydrogen (secondary N) is 1. The first-order valence-corrected chi connectivity index (χ1v) is 9.40. The van der Waals surface area contributed by atoms with E-state index < -0.39 is 0 Å². The Labute approximate surface area is 169 Å². The van der Waals surface area contributed by atoms with Crippen LogP contribution < -0.4 is 14.8 Å². The van der Waals surface area contributed by atoms with E-state index in [1.807, 2.05) is 66.7 Å². The smallest absolute Gasteiger partial charge is 0.124 e. The lowest BCUT2D eigenvalue weighted by molar-refractivity contribution is 0.302. The Morgan fingerprint density at radius 3 is 2.26 bits per heavy atom. The molecule has 3 aromatic carbocycles. The van der Waals surface area contributed by atoms with Crippen molar-refractivity contribution in [3.63, 3.8) is 0 Å². The monoisotopic (exact) mass is 401 g/mol. The lowest BCUT2D eigenvalue weighted by Crippen LogP contribution is -2.14. The zero-order chi connectivity index (χ0) is 19.1. The molecule has 0 amide bonds. The number of para-hydroxylation sites is 1. The van der Waals surface area contributed by atoms with E-state index in [9.17, 15) is 0 Å². The standard InChI is InChI=1S/C22H21Cl2NO2/c1-26-21-9-5-3-6-16(21)13-25-14-18-12-19(23)10-11-22(18)27-15-17-7-2-4-8-20(17)24/h2-12,25H,13-15H2,1H3. The van der Waals surface area contributed by atoms with Gasteiger partial charge in [-0.05, 0) is 30.3 Å². The van der Waals surface area contributed by atoms with Crippen molar-refractivity contribution in [3.05, 3.63) is 93.5 Å². The molecule has 0 radical (unpaired) electrons. The van der Waals surface area contributed by atoms with Gasteiger partial charge in [-0.1, -0.05) is 59.6 Å². The van der Waals surface area contributed by atoms with Crippen LogP contribution in [0.5, 0.6) is 11.5 Å². The molecule has 140 valence electrons. The highest BCUT2D eigenvalue weighted by atomic mass is 35.5. The molecule has 0 spiro atoms. The number of rotatable bonds is 8. The van der Waals surface area contributed by atoms with E-state index in [1.165, 1.54) is 0 Å². The fraction of sp³-hybridized carbons (Fsp3) is 0.182. The summed E-state index contributed by atoms with van der Waals surface area (Å²) in [7, 11) is 1.68. The molecule has 0 saturated carbocycles. The first-order valence-electron chi connectivity index (χ1n) is 8.64. The molecule has 0 aliphatic heterocycles. The lowest BCUT2D eigenvalue weighted by Gasteiger charge is -2.14. The van der Waals surface area contributed by atoms with Gasteiger partial charge in [-0.25, -0.2) is 0 Å². The maximum Gasteiger partial charge on any atom is 0.124 e. The fourth-order valence-corrected chi connectivity index (χ4v) is 3.16. The van der Waals surface area contributed by atoms with Crippen LogP contribution >= 0.6 is 23.2 Å². The van der Waals surface area contributed by atoms with Crippen molar-refractivity contribution in [1.82, 2.24) is 5.32 Å². The third-order valence-corrected chi connectivity index (χ3v) is 4.79. The van der Waals surface area contributed by atoms with E-state index in [1.54, 1.807) is 7.11 Å². The molecule has 3 nitrogen and oxygen atoms in total. The first-order chi connectivity index (χ1) is 13.2. The fourth-order valence-electron chi connectivity index (χ4n) is 2.78. The second-order valence-corrected chi connectivity index (χ2v) is 6.89. The maximum atomic E-state index is 6.21. The number of ether oxygens (including phenoxy) is 2. The first kappa shape index (κ1) is 19.6. The van der Waals surface area contributed by atoms with Gasteiger partial charge in [-0.3, -0.25) is 0 Å². The SMILES string of the molecule is COc1ccccc1CNCc1cc(Cl)ccc1OCc1ccccc1Cl. The maximum absolute atomic E-state index is 6.21. The minimum Gasteiger partial charge on any atom is -0.496 e. The molecule has 0 aliphatic carbocycles. The minimum atomic E-state index is 0.404. The summed E-state index contributed by atoms with van der Waals surface area (Å²) in [6, 6.07) is 21.2. The van der Waals surface area contributed by atoms with Gasteiger partial charge in [0.1, 0.15) is 18.1 Å². The molecule has 0 unspecified atom stereocenters. The number of benzene rings is 3. The Morgan fingerprint density at radius 2 is 1.48 bits per heavy atom. The number of halogens is 2. The third kappa shape index (κ3) is 5.39. The van der Waals surface area contributed by atoms with Crippen LogP contribution in [-0.4, -0.2) is 7.11 Å². The highest BCUT2D eigenvalue weighted by Gasteiger charge is 2.08. The molecule has 0 bridgehead atoms. The summed E-state index contributed by atoms with van der Waals surface area (Å²) in [6.45, 7) is 1.71. The molecule has 0 saturated heterocycles. The van der Waals surface area contributed by atoms with Gasteiger partial charge in [0.2, 0.25) is 0 Å². The van der Waals surface area contributed by atoms with Crippen LogP contribution in [0.1, 0.15) is 16.7 Å².